The Morgan fingerprint density at radius 1 is 1.15 bits per heavy atom. The fraction of sp³-hybridized carbons (Fsp3) is 0.167. The van der Waals surface area contributed by atoms with E-state index in [-0.39, 0.29) is 11.7 Å². The van der Waals surface area contributed by atoms with Crippen molar-refractivity contribution in [2.24, 2.45) is 0 Å². The molecule has 5 aromatic rings. The number of aromatic nitrogens is 5. The van der Waals surface area contributed by atoms with Crippen molar-refractivity contribution in [2.75, 3.05) is 30.8 Å². The van der Waals surface area contributed by atoms with Crippen LogP contribution < -0.4 is 25.7 Å². The number of likely N-dealkylation sites (N-methyl/N-ethyl adjacent to an activating group) is 1. The summed E-state index contributed by atoms with van der Waals surface area (Å²) in [5, 5.41) is 8.16. The highest BCUT2D eigenvalue weighted by molar-refractivity contribution is 6.02. The molecule has 4 heterocycles. The number of rotatable bonds is 4. The first-order chi connectivity index (χ1) is 16.6. The minimum atomic E-state index is -0.230. The van der Waals surface area contributed by atoms with Crippen LogP contribution in [-0.2, 0) is 0 Å². The Bertz CT molecular complexity index is 1580. The molecule has 3 aromatic heterocycles. The Hall–Kier alpha value is -4.60. The zero-order valence-electron chi connectivity index (χ0n) is 18.3. The van der Waals surface area contributed by atoms with Crippen molar-refractivity contribution in [3.63, 3.8) is 0 Å². The minimum Gasteiger partial charge on any atom is -0.486 e. The van der Waals surface area contributed by atoms with Crippen LogP contribution >= 0.6 is 0 Å². The molecule has 1 aliphatic heterocycles. The highest BCUT2D eigenvalue weighted by Crippen LogP contribution is 2.33. The SMILES string of the molecule is CN(C[C@H]1COc2cc(N)ccc2O1)c1ncc2c3[nH]ncc3c(=O)n(-c3ccccc3)c2n1. The molecule has 10 nitrogen and oxygen atoms in total. The molecule has 6 rings (SSSR count). The summed E-state index contributed by atoms with van der Waals surface area (Å²) in [6.45, 7) is 0.856. The molecular formula is C24H21N7O3. The number of anilines is 2. The van der Waals surface area contributed by atoms with E-state index < -0.39 is 0 Å². The molecule has 170 valence electrons. The standard InChI is InChI=1S/C24H21N7O3/c1-30(12-16-13-33-20-9-14(25)7-8-19(20)34-16)24-26-10-17-21-18(11-27-29-21)23(32)31(22(17)28-24)15-5-3-2-4-6-15/h2-11,16H,12-13,25H2,1H3,(H,27,29)/t16-/m0/s1. The Labute approximate surface area is 193 Å². The van der Waals surface area contributed by atoms with E-state index in [0.717, 1.165) is 0 Å². The van der Waals surface area contributed by atoms with E-state index in [1.165, 1.54) is 6.20 Å². The predicted molar refractivity (Wildman–Crippen MR) is 129 cm³/mol. The smallest absolute Gasteiger partial charge is 0.267 e. The summed E-state index contributed by atoms with van der Waals surface area (Å²) in [5.41, 5.74) is 8.06. The van der Waals surface area contributed by atoms with Crippen LogP contribution in [0.1, 0.15) is 0 Å². The van der Waals surface area contributed by atoms with E-state index in [9.17, 15) is 4.79 Å². The lowest BCUT2D eigenvalue weighted by molar-refractivity contribution is 0.0959. The zero-order chi connectivity index (χ0) is 23.2. The van der Waals surface area contributed by atoms with Crippen LogP contribution in [-0.4, -0.2) is 51.0 Å². The predicted octanol–water partition coefficient (Wildman–Crippen LogP) is 2.52. The fourth-order valence-corrected chi connectivity index (χ4v) is 4.19. The number of nitrogens with zero attached hydrogens (tertiary/aromatic N) is 5. The molecule has 0 aliphatic carbocycles. The van der Waals surface area contributed by atoms with Gasteiger partial charge in [-0.1, -0.05) is 18.2 Å². The minimum absolute atomic E-state index is 0.199. The number of pyridine rings is 1. The van der Waals surface area contributed by atoms with Crippen LogP contribution in [0, 0.1) is 0 Å². The Balaban J connectivity index is 1.38. The number of nitrogens with two attached hydrogens (primary N) is 1. The number of benzene rings is 2. The first-order valence-corrected chi connectivity index (χ1v) is 10.8. The number of aromatic amines is 1. The largest absolute Gasteiger partial charge is 0.486 e. The second kappa shape index (κ2) is 7.77. The van der Waals surface area contributed by atoms with Gasteiger partial charge in [-0.15, -0.1) is 0 Å². The van der Waals surface area contributed by atoms with Gasteiger partial charge in [-0.3, -0.25) is 14.5 Å². The van der Waals surface area contributed by atoms with Crippen LogP contribution in [0.15, 0.2) is 65.7 Å². The number of hydrogen-bond acceptors (Lipinski definition) is 8. The summed E-state index contributed by atoms with van der Waals surface area (Å²) in [5.74, 6) is 1.75. The maximum Gasteiger partial charge on any atom is 0.267 e. The van der Waals surface area contributed by atoms with Gasteiger partial charge in [0.1, 0.15) is 6.61 Å². The van der Waals surface area contributed by atoms with Crippen molar-refractivity contribution in [2.45, 2.75) is 6.10 Å². The molecule has 0 saturated heterocycles. The lowest BCUT2D eigenvalue weighted by Crippen LogP contribution is -2.40. The van der Waals surface area contributed by atoms with Crippen molar-refractivity contribution in [1.29, 1.82) is 0 Å². The first-order valence-electron chi connectivity index (χ1n) is 10.8. The van der Waals surface area contributed by atoms with Gasteiger partial charge in [0, 0.05) is 25.0 Å². The summed E-state index contributed by atoms with van der Waals surface area (Å²) in [6.07, 6.45) is 3.01. The zero-order valence-corrected chi connectivity index (χ0v) is 18.3. The van der Waals surface area contributed by atoms with Gasteiger partial charge in [-0.05, 0) is 24.3 Å². The van der Waals surface area contributed by atoms with Gasteiger partial charge in [-0.2, -0.15) is 10.1 Å². The van der Waals surface area contributed by atoms with Gasteiger partial charge < -0.3 is 20.1 Å². The summed E-state index contributed by atoms with van der Waals surface area (Å²) in [4.78, 5) is 24.5. The fourth-order valence-electron chi connectivity index (χ4n) is 4.19. The van der Waals surface area contributed by atoms with Crippen molar-refractivity contribution >= 4 is 33.6 Å². The van der Waals surface area contributed by atoms with E-state index in [2.05, 4.69) is 15.2 Å². The molecule has 0 saturated carbocycles. The second-order valence-electron chi connectivity index (χ2n) is 8.18. The number of nitrogens with one attached hydrogen (secondary N) is 1. The van der Waals surface area contributed by atoms with Crippen LogP contribution in [0.25, 0.3) is 27.6 Å². The molecule has 0 spiro atoms. The van der Waals surface area contributed by atoms with E-state index in [4.69, 9.17) is 20.2 Å². The van der Waals surface area contributed by atoms with Crippen LogP contribution in [0.2, 0.25) is 0 Å². The third-order valence-corrected chi connectivity index (χ3v) is 5.83. The summed E-state index contributed by atoms with van der Waals surface area (Å²) >= 11 is 0. The lowest BCUT2D eigenvalue weighted by Gasteiger charge is -2.29. The highest BCUT2D eigenvalue weighted by atomic mass is 16.6. The number of para-hydroxylation sites is 1. The van der Waals surface area contributed by atoms with E-state index >= 15 is 0 Å². The maximum absolute atomic E-state index is 13.3. The molecule has 0 unspecified atom stereocenters. The molecule has 2 aromatic carbocycles. The Morgan fingerprint density at radius 3 is 2.85 bits per heavy atom. The first kappa shape index (κ1) is 20.0. The van der Waals surface area contributed by atoms with Crippen molar-refractivity contribution in [1.82, 2.24) is 24.7 Å². The van der Waals surface area contributed by atoms with Crippen molar-refractivity contribution in [3.05, 3.63) is 71.3 Å². The van der Waals surface area contributed by atoms with Gasteiger partial charge in [0.15, 0.2) is 23.3 Å². The van der Waals surface area contributed by atoms with Crippen molar-refractivity contribution < 1.29 is 9.47 Å². The average molecular weight is 455 g/mol. The second-order valence-corrected chi connectivity index (χ2v) is 8.18. The van der Waals surface area contributed by atoms with Crippen molar-refractivity contribution in [3.8, 4) is 17.2 Å². The molecule has 34 heavy (non-hydrogen) atoms. The molecular weight excluding hydrogens is 434 g/mol. The third-order valence-electron chi connectivity index (χ3n) is 5.83. The normalized spacial score (nSPS) is 15.0. The molecule has 3 N–H and O–H groups in total. The lowest BCUT2D eigenvalue weighted by atomic mass is 10.2. The molecule has 10 heteroatoms. The van der Waals surface area contributed by atoms with Crippen LogP contribution in [0.3, 0.4) is 0 Å². The average Bonchev–Trinajstić information content (AvgIpc) is 3.35. The number of H-pyrrole nitrogens is 1. The topological polar surface area (TPSA) is 124 Å². The number of hydrogen-bond donors (Lipinski definition) is 2. The number of ether oxygens (including phenoxy) is 2. The van der Waals surface area contributed by atoms with Gasteiger partial charge in [0.25, 0.3) is 5.56 Å². The maximum atomic E-state index is 13.3. The van der Waals surface area contributed by atoms with Gasteiger partial charge in [-0.25, -0.2) is 4.98 Å². The highest BCUT2D eigenvalue weighted by Gasteiger charge is 2.24. The van der Waals surface area contributed by atoms with Gasteiger partial charge in [0.2, 0.25) is 5.95 Å². The monoisotopic (exact) mass is 455 g/mol. The molecule has 0 bridgehead atoms. The van der Waals surface area contributed by atoms with Crippen LogP contribution in [0.5, 0.6) is 11.5 Å². The van der Waals surface area contributed by atoms with E-state index in [1.807, 2.05) is 42.3 Å². The molecule has 1 atom stereocenters. The van der Waals surface area contributed by atoms with Gasteiger partial charge in [0.05, 0.1) is 34.7 Å². The number of fused-ring (bicyclic) bond motifs is 4. The molecule has 0 amide bonds. The molecule has 0 fully saturated rings. The quantitative estimate of drug-likeness (QED) is 0.396. The summed E-state index contributed by atoms with van der Waals surface area (Å²) in [7, 11) is 1.88. The third kappa shape index (κ3) is 3.27. The van der Waals surface area contributed by atoms with Crippen LogP contribution in [0.4, 0.5) is 11.6 Å². The van der Waals surface area contributed by atoms with Gasteiger partial charge >= 0.3 is 0 Å². The Kier molecular flexibility index (Phi) is 4.58. The summed E-state index contributed by atoms with van der Waals surface area (Å²) in [6, 6.07) is 14.7. The number of nitrogen functional groups attached to an aromatic ring is 1. The molecule has 0 radical (unpaired) electrons. The van der Waals surface area contributed by atoms with E-state index in [0.29, 0.717) is 63.9 Å². The summed E-state index contributed by atoms with van der Waals surface area (Å²) < 4.78 is 13.5. The van der Waals surface area contributed by atoms with E-state index in [1.54, 1.807) is 29.0 Å². The Morgan fingerprint density at radius 2 is 2.00 bits per heavy atom. The molecule has 1 aliphatic rings.